The Bertz CT molecular complexity index is 1810. The van der Waals surface area contributed by atoms with E-state index in [1.165, 1.54) is 0 Å². The van der Waals surface area contributed by atoms with Gasteiger partial charge in [-0.1, -0.05) is 78.4 Å². The first kappa shape index (κ1) is 25.3. The number of hydrogen-bond donors (Lipinski definition) is 0. The van der Waals surface area contributed by atoms with Gasteiger partial charge < -0.3 is 4.74 Å². The number of fused-ring (bicyclic) bond motifs is 2. The summed E-state index contributed by atoms with van der Waals surface area (Å²) in [6, 6.07) is 31.2. The van der Waals surface area contributed by atoms with Gasteiger partial charge in [-0.3, -0.25) is 0 Å². The molecule has 0 saturated heterocycles. The Kier molecular flexibility index (Phi) is 6.05. The molecule has 6 rings (SSSR count). The molecule has 0 atom stereocenters. The van der Waals surface area contributed by atoms with Crippen molar-refractivity contribution in [2.24, 2.45) is 0 Å². The molecule has 196 valence electrons. The third-order valence-corrected chi connectivity index (χ3v) is 9.71. The van der Waals surface area contributed by atoms with Gasteiger partial charge in [0.15, 0.2) is 0 Å². The van der Waals surface area contributed by atoms with Crippen LogP contribution in [0.25, 0.3) is 33.3 Å². The Balaban J connectivity index is 1.64. The van der Waals surface area contributed by atoms with Gasteiger partial charge in [0.2, 0.25) is 10.0 Å². The predicted molar refractivity (Wildman–Crippen MR) is 156 cm³/mol. The average molecular weight is 535 g/mol. The Hall–Kier alpha value is -4.00. The highest BCUT2D eigenvalue weighted by Gasteiger charge is 2.47. The van der Waals surface area contributed by atoms with Gasteiger partial charge in [0.1, 0.15) is 5.75 Å². The monoisotopic (exact) mass is 534 g/mol. The van der Waals surface area contributed by atoms with Gasteiger partial charge in [-0.2, -0.15) is 4.31 Å². The maximum atomic E-state index is 14.0. The van der Waals surface area contributed by atoms with Gasteiger partial charge in [-0.15, -0.1) is 0 Å². The van der Waals surface area contributed by atoms with Crippen LogP contribution in [-0.4, -0.2) is 24.8 Å². The van der Waals surface area contributed by atoms with Crippen molar-refractivity contribution in [2.45, 2.75) is 37.8 Å². The quantitative estimate of drug-likeness (QED) is 0.237. The molecule has 5 nitrogen and oxygen atoms in total. The average Bonchev–Trinajstić information content (AvgIpc) is 3.23. The van der Waals surface area contributed by atoms with Crippen molar-refractivity contribution in [1.82, 2.24) is 9.29 Å². The van der Waals surface area contributed by atoms with Gasteiger partial charge in [-0.25, -0.2) is 13.4 Å². The number of rotatable bonds is 5. The molecule has 0 amide bonds. The van der Waals surface area contributed by atoms with Crippen molar-refractivity contribution < 1.29 is 13.2 Å². The predicted octanol–water partition coefficient (Wildman–Crippen LogP) is 7.33. The summed E-state index contributed by atoms with van der Waals surface area (Å²) in [5.74, 6) is 0.698. The fraction of sp³-hybridized carbons (Fsp3) is 0.182. The fourth-order valence-electron chi connectivity index (χ4n) is 5.71. The van der Waals surface area contributed by atoms with Crippen molar-refractivity contribution in [3.63, 3.8) is 0 Å². The summed E-state index contributed by atoms with van der Waals surface area (Å²) in [5, 5.41) is 2.07. The van der Waals surface area contributed by atoms with Crippen LogP contribution >= 0.6 is 0 Å². The van der Waals surface area contributed by atoms with Crippen LogP contribution in [0, 0.1) is 6.92 Å². The summed E-state index contributed by atoms with van der Waals surface area (Å²) in [6.45, 7) is 6.14. The molecule has 4 aromatic carbocycles. The first-order chi connectivity index (χ1) is 18.7. The maximum Gasteiger partial charge on any atom is 0.244 e. The highest BCUT2D eigenvalue weighted by atomic mass is 32.2. The SMILES string of the molecule is COc1ccc2ccccc2c1-c1nc(-c2ccccc2)cc2c1C(C)(C)N(S(=O)(=O)c1ccc(C)cc1)C2. The Morgan fingerprint density at radius 1 is 0.872 bits per heavy atom. The summed E-state index contributed by atoms with van der Waals surface area (Å²) in [7, 11) is -2.13. The van der Waals surface area contributed by atoms with E-state index in [1.807, 2.05) is 93.6 Å². The van der Waals surface area contributed by atoms with E-state index >= 15 is 0 Å². The second-order valence-electron chi connectivity index (χ2n) is 10.5. The standard InChI is InChI=1S/C33H30N2O3S/c1-22-14-17-26(18-15-22)39(36,37)35-21-25-20-28(24-11-6-5-7-12-24)34-32(31(25)33(35,2)3)30-27-13-9-8-10-23(27)16-19-29(30)38-4/h5-20H,21H2,1-4H3. The molecule has 39 heavy (non-hydrogen) atoms. The molecule has 0 saturated carbocycles. The van der Waals surface area contributed by atoms with Crippen LogP contribution in [0.5, 0.6) is 5.75 Å². The molecule has 1 aliphatic rings. The van der Waals surface area contributed by atoms with Gasteiger partial charge in [0.25, 0.3) is 0 Å². The van der Waals surface area contributed by atoms with Crippen LogP contribution in [0.4, 0.5) is 0 Å². The lowest BCUT2D eigenvalue weighted by molar-refractivity contribution is 0.255. The number of aromatic nitrogens is 1. The minimum Gasteiger partial charge on any atom is -0.496 e. The first-order valence-electron chi connectivity index (χ1n) is 13.0. The van der Waals surface area contributed by atoms with Crippen molar-refractivity contribution >= 4 is 20.8 Å². The van der Waals surface area contributed by atoms with Gasteiger partial charge >= 0.3 is 0 Å². The first-order valence-corrected chi connectivity index (χ1v) is 14.4. The molecule has 6 heteroatoms. The molecule has 0 N–H and O–H groups in total. The Labute approximate surface area is 229 Å². The second-order valence-corrected chi connectivity index (χ2v) is 12.4. The third kappa shape index (κ3) is 4.11. The summed E-state index contributed by atoms with van der Waals surface area (Å²) < 4.78 is 35.6. The highest BCUT2D eigenvalue weighted by Crippen LogP contribution is 2.50. The van der Waals surface area contributed by atoms with E-state index in [0.717, 1.165) is 50.0 Å². The number of ether oxygens (including phenoxy) is 1. The highest BCUT2D eigenvalue weighted by molar-refractivity contribution is 7.89. The summed E-state index contributed by atoms with van der Waals surface area (Å²) >= 11 is 0. The molecule has 0 aliphatic carbocycles. The zero-order valence-electron chi connectivity index (χ0n) is 22.5. The number of nitrogens with zero attached hydrogens (tertiary/aromatic N) is 2. The van der Waals surface area contributed by atoms with E-state index < -0.39 is 15.6 Å². The fourth-order valence-corrected chi connectivity index (χ4v) is 7.44. The van der Waals surface area contributed by atoms with Crippen LogP contribution in [-0.2, 0) is 22.1 Å². The topological polar surface area (TPSA) is 59.5 Å². The van der Waals surface area contributed by atoms with Gasteiger partial charge in [0.05, 0.1) is 34.5 Å². The molecular formula is C33H30N2O3S. The summed E-state index contributed by atoms with van der Waals surface area (Å²) in [6.07, 6.45) is 0. The number of pyridine rings is 1. The Morgan fingerprint density at radius 3 is 2.28 bits per heavy atom. The zero-order valence-corrected chi connectivity index (χ0v) is 23.3. The number of aryl methyl sites for hydroxylation is 1. The van der Waals surface area contributed by atoms with Crippen molar-refractivity contribution in [3.8, 4) is 28.3 Å². The molecule has 0 unspecified atom stereocenters. The molecule has 0 spiro atoms. The summed E-state index contributed by atoms with van der Waals surface area (Å²) in [4.78, 5) is 5.53. The van der Waals surface area contributed by atoms with E-state index in [0.29, 0.717) is 5.75 Å². The number of methoxy groups -OCH3 is 1. The lowest BCUT2D eigenvalue weighted by Gasteiger charge is -2.32. The molecule has 1 aromatic heterocycles. The number of sulfonamides is 1. The number of hydrogen-bond acceptors (Lipinski definition) is 4. The summed E-state index contributed by atoms with van der Waals surface area (Å²) in [5.41, 5.74) is 5.36. The normalized spacial score (nSPS) is 14.9. The van der Waals surface area contributed by atoms with E-state index in [-0.39, 0.29) is 11.4 Å². The van der Waals surface area contributed by atoms with E-state index in [1.54, 1.807) is 23.5 Å². The van der Waals surface area contributed by atoms with E-state index in [9.17, 15) is 8.42 Å². The zero-order chi connectivity index (χ0) is 27.4. The van der Waals surface area contributed by atoms with Crippen LogP contribution in [0.2, 0.25) is 0 Å². The lowest BCUT2D eigenvalue weighted by Crippen LogP contribution is -2.40. The van der Waals surface area contributed by atoms with Crippen molar-refractivity contribution in [2.75, 3.05) is 7.11 Å². The Morgan fingerprint density at radius 2 is 1.56 bits per heavy atom. The molecule has 0 radical (unpaired) electrons. The van der Waals surface area contributed by atoms with Crippen LogP contribution in [0.3, 0.4) is 0 Å². The van der Waals surface area contributed by atoms with Crippen molar-refractivity contribution in [3.05, 3.63) is 114 Å². The number of benzene rings is 4. The van der Waals surface area contributed by atoms with E-state index in [2.05, 4.69) is 12.1 Å². The molecular weight excluding hydrogens is 504 g/mol. The molecule has 5 aromatic rings. The third-order valence-electron chi connectivity index (χ3n) is 7.68. The lowest BCUT2D eigenvalue weighted by atomic mass is 9.87. The van der Waals surface area contributed by atoms with Gasteiger partial charge in [-0.05, 0) is 61.4 Å². The van der Waals surface area contributed by atoms with E-state index in [4.69, 9.17) is 9.72 Å². The molecule has 0 fully saturated rings. The molecule has 1 aliphatic heterocycles. The molecule has 0 bridgehead atoms. The second kappa shape index (κ2) is 9.33. The van der Waals surface area contributed by atoms with Crippen molar-refractivity contribution in [1.29, 1.82) is 0 Å². The maximum absolute atomic E-state index is 14.0. The largest absolute Gasteiger partial charge is 0.496 e. The van der Waals surface area contributed by atoms with Crippen LogP contribution in [0.15, 0.2) is 102 Å². The minimum atomic E-state index is -3.79. The minimum absolute atomic E-state index is 0.251. The molecule has 2 heterocycles. The van der Waals surface area contributed by atoms with Gasteiger partial charge in [0, 0.05) is 17.7 Å². The smallest absolute Gasteiger partial charge is 0.244 e. The van der Waals surface area contributed by atoms with Crippen LogP contribution in [0.1, 0.15) is 30.5 Å². The van der Waals surface area contributed by atoms with Crippen LogP contribution < -0.4 is 4.74 Å².